The number of thioether (sulfide) groups is 1. The van der Waals surface area contributed by atoms with Crippen LogP contribution in [0.4, 0.5) is 0 Å². The highest BCUT2D eigenvalue weighted by atomic mass is 35.5. The van der Waals surface area contributed by atoms with Gasteiger partial charge in [-0.05, 0) is 35.4 Å². The molecule has 0 radical (unpaired) electrons. The van der Waals surface area contributed by atoms with Crippen LogP contribution in [0.15, 0.2) is 90.1 Å². The predicted molar refractivity (Wildman–Crippen MR) is 130 cm³/mol. The summed E-state index contributed by atoms with van der Waals surface area (Å²) in [5.74, 6) is 0.737. The van der Waals surface area contributed by atoms with Crippen LogP contribution in [0.1, 0.15) is 16.4 Å². The number of carbonyl (C=O) groups excluding carboxylic acids is 1. The van der Waals surface area contributed by atoms with Gasteiger partial charge in [-0.2, -0.15) is 0 Å². The summed E-state index contributed by atoms with van der Waals surface area (Å²) < 4.78 is 2.06. The molecule has 0 aliphatic heterocycles. The Bertz CT molecular complexity index is 1180. The molecule has 5 nitrogen and oxygen atoms in total. The summed E-state index contributed by atoms with van der Waals surface area (Å²) in [6.07, 6.45) is 0. The molecule has 0 saturated carbocycles. The van der Waals surface area contributed by atoms with Crippen LogP contribution < -0.4 is 0 Å². The fraction of sp³-hybridized carbons (Fsp3) is 0.160. The van der Waals surface area contributed by atoms with Gasteiger partial charge in [0.05, 0.1) is 6.54 Å². The zero-order valence-corrected chi connectivity index (χ0v) is 19.4. The van der Waals surface area contributed by atoms with Crippen LogP contribution >= 0.6 is 23.4 Å². The first-order chi connectivity index (χ1) is 15.5. The van der Waals surface area contributed by atoms with Crippen molar-refractivity contribution in [3.63, 3.8) is 0 Å². The molecule has 4 rings (SSSR count). The summed E-state index contributed by atoms with van der Waals surface area (Å²) in [5, 5.41) is 9.90. The maximum atomic E-state index is 13.1. The van der Waals surface area contributed by atoms with E-state index in [1.807, 2.05) is 72.8 Å². The van der Waals surface area contributed by atoms with E-state index in [1.165, 1.54) is 11.8 Å². The van der Waals surface area contributed by atoms with Crippen LogP contribution in [0, 0.1) is 0 Å². The average Bonchev–Trinajstić information content (AvgIpc) is 3.20. The number of rotatable bonds is 7. The summed E-state index contributed by atoms with van der Waals surface area (Å²) in [4.78, 5) is 14.7. The Morgan fingerprint density at radius 1 is 0.938 bits per heavy atom. The minimum atomic E-state index is -0.428. The lowest BCUT2D eigenvalue weighted by molar-refractivity contribution is -0.128. The second kappa shape index (κ2) is 10.0. The number of benzene rings is 3. The molecule has 0 aliphatic rings. The number of hydrogen-bond donors (Lipinski definition) is 0. The number of halogens is 1. The van der Waals surface area contributed by atoms with Gasteiger partial charge in [0, 0.05) is 24.7 Å². The van der Waals surface area contributed by atoms with Crippen molar-refractivity contribution in [2.24, 2.45) is 0 Å². The van der Waals surface area contributed by atoms with Crippen molar-refractivity contribution in [1.29, 1.82) is 0 Å². The second-order valence-corrected chi connectivity index (χ2v) is 9.03. The van der Waals surface area contributed by atoms with Crippen molar-refractivity contribution in [2.75, 3.05) is 14.1 Å². The summed E-state index contributed by atoms with van der Waals surface area (Å²) >= 11 is 7.50. The van der Waals surface area contributed by atoms with Gasteiger partial charge < -0.3 is 4.90 Å². The van der Waals surface area contributed by atoms with Crippen molar-refractivity contribution >= 4 is 29.3 Å². The first kappa shape index (κ1) is 22.1. The molecule has 1 aromatic heterocycles. The van der Waals surface area contributed by atoms with E-state index in [0.29, 0.717) is 16.7 Å². The molecule has 0 N–H and O–H groups in total. The van der Waals surface area contributed by atoms with Crippen molar-refractivity contribution in [3.05, 3.63) is 101 Å². The molecule has 0 spiro atoms. The van der Waals surface area contributed by atoms with Crippen LogP contribution in [0.25, 0.3) is 11.4 Å². The summed E-state index contributed by atoms with van der Waals surface area (Å²) in [7, 11) is 3.54. The Morgan fingerprint density at radius 3 is 2.19 bits per heavy atom. The topological polar surface area (TPSA) is 51.0 Å². The minimum Gasteiger partial charge on any atom is -0.348 e. The van der Waals surface area contributed by atoms with Gasteiger partial charge in [0.2, 0.25) is 5.91 Å². The first-order valence-electron chi connectivity index (χ1n) is 10.2. The Morgan fingerprint density at radius 2 is 1.56 bits per heavy atom. The number of carbonyl (C=O) groups is 1. The van der Waals surface area contributed by atoms with Gasteiger partial charge in [0.25, 0.3) is 0 Å². The highest BCUT2D eigenvalue weighted by Crippen LogP contribution is 2.37. The van der Waals surface area contributed by atoms with Crippen molar-refractivity contribution in [3.8, 4) is 11.4 Å². The summed E-state index contributed by atoms with van der Waals surface area (Å²) in [5.41, 5.74) is 2.97. The van der Waals surface area contributed by atoms with Gasteiger partial charge in [-0.25, -0.2) is 0 Å². The monoisotopic (exact) mass is 462 g/mol. The van der Waals surface area contributed by atoms with E-state index in [-0.39, 0.29) is 5.91 Å². The van der Waals surface area contributed by atoms with E-state index in [0.717, 1.165) is 22.5 Å². The molecule has 0 saturated heterocycles. The largest absolute Gasteiger partial charge is 0.348 e. The third-order valence-electron chi connectivity index (χ3n) is 4.99. The lowest BCUT2D eigenvalue weighted by Crippen LogP contribution is -2.27. The molecular weight excluding hydrogens is 440 g/mol. The molecule has 0 fully saturated rings. The summed E-state index contributed by atoms with van der Waals surface area (Å²) in [6, 6.07) is 27.5. The van der Waals surface area contributed by atoms with Crippen LogP contribution in [-0.2, 0) is 11.3 Å². The molecule has 1 heterocycles. The maximum Gasteiger partial charge on any atom is 0.240 e. The quantitative estimate of drug-likeness (QED) is 0.337. The molecule has 1 atom stereocenters. The van der Waals surface area contributed by atoms with E-state index < -0.39 is 5.25 Å². The Balaban J connectivity index is 1.76. The second-order valence-electron chi connectivity index (χ2n) is 7.53. The Hall–Kier alpha value is -3.09. The maximum absolute atomic E-state index is 13.1. The normalized spacial score (nSPS) is 11.8. The minimum absolute atomic E-state index is 0.00324. The van der Waals surface area contributed by atoms with Gasteiger partial charge in [0.1, 0.15) is 5.25 Å². The van der Waals surface area contributed by atoms with Crippen LogP contribution in [0.5, 0.6) is 0 Å². The molecular formula is C25H23ClN4OS. The predicted octanol–water partition coefficient (Wildman–Crippen LogP) is 5.57. The fourth-order valence-corrected chi connectivity index (χ4v) is 4.63. The molecule has 32 heavy (non-hydrogen) atoms. The number of likely N-dealkylation sites (N-methyl/N-ethyl adjacent to an activating group) is 1. The van der Waals surface area contributed by atoms with Gasteiger partial charge in [-0.15, -0.1) is 10.2 Å². The average molecular weight is 463 g/mol. The molecule has 162 valence electrons. The lowest BCUT2D eigenvalue weighted by Gasteiger charge is -2.20. The summed E-state index contributed by atoms with van der Waals surface area (Å²) in [6.45, 7) is 0.589. The van der Waals surface area contributed by atoms with E-state index >= 15 is 0 Å². The third kappa shape index (κ3) is 5.03. The van der Waals surface area contributed by atoms with Gasteiger partial charge in [0.15, 0.2) is 11.0 Å². The van der Waals surface area contributed by atoms with Crippen LogP contribution in [-0.4, -0.2) is 39.7 Å². The molecule has 1 unspecified atom stereocenters. The number of aromatic nitrogens is 3. The molecule has 0 aliphatic carbocycles. The van der Waals surface area contributed by atoms with E-state index in [4.69, 9.17) is 11.6 Å². The number of nitrogens with zero attached hydrogens (tertiary/aromatic N) is 4. The standard InChI is InChI=1S/C25H23ClN4OS/c1-29(2)24(31)22(19-11-7-4-8-12-19)32-25-28-27-23(20-13-15-21(26)16-14-20)30(25)17-18-9-5-3-6-10-18/h3-16,22H,17H2,1-2H3. The smallest absolute Gasteiger partial charge is 0.240 e. The highest BCUT2D eigenvalue weighted by molar-refractivity contribution is 8.00. The Kier molecular flexibility index (Phi) is 6.93. The van der Waals surface area contributed by atoms with Crippen LogP contribution in [0.2, 0.25) is 5.02 Å². The molecule has 0 bridgehead atoms. The van der Waals surface area contributed by atoms with Gasteiger partial charge in [-0.1, -0.05) is 84.0 Å². The van der Waals surface area contributed by atoms with Crippen molar-refractivity contribution < 1.29 is 4.79 Å². The Labute approximate surface area is 197 Å². The number of amides is 1. The van der Waals surface area contributed by atoms with E-state index in [9.17, 15) is 4.79 Å². The van der Waals surface area contributed by atoms with Gasteiger partial charge in [-0.3, -0.25) is 9.36 Å². The zero-order chi connectivity index (χ0) is 22.5. The van der Waals surface area contributed by atoms with E-state index in [1.54, 1.807) is 19.0 Å². The lowest BCUT2D eigenvalue weighted by atomic mass is 10.1. The van der Waals surface area contributed by atoms with Crippen molar-refractivity contribution in [1.82, 2.24) is 19.7 Å². The SMILES string of the molecule is CN(C)C(=O)C(Sc1nnc(-c2ccc(Cl)cc2)n1Cc1ccccc1)c1ccccc1. The highest BCUT2D eigenvalue weighted by Gasteiger charge is 2.27. The van der Waals surface area contributed by atoms with Crippen molar-refractivity contribution in [2.45, 2.75) is 17.0 Å². The van der Waals surface area contributed by atoms with Crippen LogP contribution in [0.3, 0.4) is 0 Å². The molecule has 4 aromatic rings. The molecule has 1 amide bonds. The number of hydrogen-bond acceptors (Lipinski definition) is 4. The van der Waals surface area contributed by atoms with Gasteiger partial charge >= 0.3 is 0 Å². The first-order valence-corrected chi connectivity index (χ1v) is 11.4. The zero-order valence-electron chi connectivity index (χ0n) is 17.9. The molecule has 3 aromatic carbocycles. The fourth-order valence-electron chi connectivity index (χ4n) is 3.33. The van der Waals surface area contributed by atoms with E-state index in [2.05, 4.69) is 26.9 Å². The molecule has 7 heteroatoms. The third-order valence-corrected chi connectivity index (χ3v) is 6.47.